The van der Waals surface area contributed by atoms with Gasteiger partial charge >= 0.3 is 5.91 Å². The smallest absolute Gasteiger partial charge is 0.294 e. The SMILES string of the molecule is Cc1cc(C(=O)N/[NH+]=C/c2c(C)[nH]n(-c3ccccc3)c2=O)n[nH]1. The van der Waals surface area contributed by atoms with Crippen molar-refractivity contribution in [3.8, 4) is 5.69 Å². The Kier molecular flexibility index (Phi) is 4.11. The van der Waals surface area contributed by atoms with E-state index in [0.717, 1.165) is 11.4 Å². The van der Waals surface area contributed by atoms with Crippen LogP contribution in [0.5, 0.6) is 0 Å². The van der Waals surface area contributed by atoms with E-state index in [4.69, 9.17) is 0 Å². The Morgan fingerprint density at radius 2 is 2.04 bits per heavy atom. The zero-order chi connectivity index (χ0) is 17.1. The Morgan fingerprint density at radius 3 is 2.71 bits per heavy atom. The fourth-order valence-electron chi connectivity index (χ4n) is 2.26. The lowest BCUT2D eigenvalue weighted by Crippen LogP contribution is -2.82. The van der Waals surface area contributed by atoms with Gasteiger partial charge in [0.25, 0.3) is 5.56 Å². The molecule has 1 amide bonds. The lowest BCUT2D eigenvalue weighted by molar-refractivity contribution is -0.503. The number of rotatable bonds is 4. The number of para-hydroxylation sites is 1. The Morgan fingerprint density at radius 1 is 1.29 bits per heavy atom. The average molecular weight is 325 g/mol. The number of hydrazone groups is 1. The highest BCUT2D eigenvalue weighted by molar-refractivity contribution is 5.91. The van der Waals surface area contributed by atoms with Gasteiger partial charge in [0.1, 0.15) is 5.56 Å². The van der Waals surface area contributed by atoms with E-state index in [1.54, 1.807) is 19.9 Å². The molecular formula is C16H17N6O2+. The standard InChI is InChI=1S/C16H16N6O2/c1-10-8-14(19-18-10)15(23)20-17-9-13-11(2)21-22(16(13)24)12-6-4-3-5-7-12/h3-9,21H,1-2H3,(H,18,19)(H,20,23)/p+1/b17-9+. The summed E-state index contributed by atoms with van der Waals surface area (Å²) in [5, 5.41) is 12.2. The highest BCUT2D eigenvalue weighted by Gasteiger charge is 2.14. The summed E-state index contributed by atoms with van der Waals surface area (Å²) in [6.45, 7) is 3.59. The fourth-order valence-corrected chi connectivity index (χ4v) is 2.26. The molecule has 2 heterocycles. The number of benzene rings is 1. The molecule has 0 bridgehead atoms. The lowest BCUT2D eigenvalue weighted by Gasteiger charge is -1.99. The monoisotopic (exact) mass is 325 g/mol. The highest BCUT2D eigenvalue weighted by Crippen LogP contribution is 2.04. The van der Waals surface area contributed by atoms with Gasteiger partial charge in [-0.1, -0.05) is 18.2 Å². The number of aryl methyl sites for hydroxylation is 2. The fraction of sp³-hybridized carbons (Fsp3) is 0.125. The van der Waals surface area contributed by atoms with E-state index >= 15 is 0 Å². The molecule has 0 aliphatic rings. The summed E-state index contributed by atoms with van der Waals surface area (Å²) < 4.78 is 1.45. The van der Waals surface area contributed by atoms with E-state index in [0.29, 0.717) is 11.3 Å². The molecule has 0 radical (unpaired) electrons. The van der Waals surface area contributed by atoms with Gasteiger partial charge in [-0.05, 0) is 32.0 Å². The minimum Gasteiger partial charge on any atom is -0.294 e. The average Bonchev–Trinajstić information content (AvgIpc) is 3.13. The molecular weight excluding hydrogens is 308 g/mol. The molecule has 24 heavy (non-hydrogen) atoms. The van der Waals surface area contributed by atoms with Gasteiger partial charge in [0.2, 0.25) is 6.21 Å². The number of hydrogen-bond acceptors (Lipinski definition) is 3. The predicted molar refractivity (Wildman–Crippen MR) is 88.0 cm³/mol. The van der Waals surface area contributed by atoms with Crippen LogP contribution in [0.25, 0.3) is 5.69 Å². The second kappa shape index (κ2) is 6.37. The van der Waals surface area contributed by atoms with Crippen molar-refractivity contribution in [3.05, 3.63) is 69.4 Å². The quantitative estimate of drug-likeness (QED) is 0.378. The molecule has 1 aromatic carbocycles. The minimum atomic E-state index is -0.396. The first-order valence-electron chi connectivity index (χ1n) is 7.34. The Labute approximate surface area is 137 Å². The van der Waals surface area contributed by atoms with Crippen molar-refractivity contribution >= 4 is 12.1 Å². The van der Waals surface area contributed by atoms with Gasteiger partial charge in [-0.2, -0.15) is 5.10 Å². The molecule has 2 aromatic heterocycles. The number of hydrogen-bond donors (Lipinski definition) is 4. The molecule has 3 aromatic rings. The molecule has 0 fully saturated rings. The largest absolute Gasteiger partial charge is 0.325 e. The van der Waals surface area contributed by atoms with Crippen LogP contribution >= 0.6 is 0 Å². The number of carbonyl (C=O) groups excluding carboxylic acids is 1. The maximum atomic E-state index is 12.5. The number of amides is 1. The van der Waals surface area contributed by atoms with E-state index < -0.39 is 5.91 Å². The number of nitrogens with zero attached hydrogens (tertiary/aromatic N) is 2. The van der Waals surface area contributed by atoms with Crippen molar-refractivity contribution in [2.75, 3.05) is 0 Å². The second-order valence-corrected chi connectivity index (χ2v) is 5.31. The molecule has 0 spiro atoms. The number of carbonyl (C=O) groups is 1. The molecule has 0 saturated carbocycles. The number of aromatic amines is 2. The Balaban J connectivity index is 1.79. The summed E-state index contributed by atoms with van der Waals surface area (Å²) in [5.41, 5.74) is 5.16. The van der Waals surface area contributed by atoms with Crippen LogP contribution in [0.15, 0.2) is 41.2 Å². The zero-order valence-corrected chi connectivity index (χ0v) is 13.3. The van der Waals surface area contributed by atoms with Crippen LogP contribution in [0.3, 0.4) is 0 Å². The highest BCUT2D eigenvalue weighted by atomic mass is 16.2. The molecule has 0 atom stereocenters. The van der Waals surface area contributed by atoms with Gasteiger partial charge in [0.05, 0.1) is 5.69 Å². The maximum absolute atomic E-state index is 12.5. The van der Waals surface area contributed by atoms with Crippen molar-refractivity contribution in [3.63, 3.8) is 0 Å². The van der Waals surface area contributed by atoms with Crippen molar-refractivity contribution in [1.82, 2.24) is 25.4 Å². The van der Waals surface area contributed by atoms with Gasteiger partial charge in [0.15, 0.2) is 5.69 Å². The molecule has 4 N–H and O–H groups in total. The molecule has 3 rings (SSSR count). The minimum absolute atomic E-state index is 0.212. The van der Waals surface area contributed by atoms with Crippen molar-refractivity contribution in [1.29, 1.82) is 0 Å². The van der Waals surface area contributed by atoms with E-state index in [2.05, 4.69) is 25.8 Å². The van der Waals surface area contributed by atoms with Gasteiger partial charge < -0.3 is 0 Å². The first-order valence-corrected chi connectivity index (χ1v) is 7.34. The van der Waals surface area contributed by atoms with Crippen LogP contribution in [0, 0.1) is 13.8 Å². The van der Waals surface area contributed by atoms with E-state index in [1.165, 1.54) is 10.9 Å². The molecule has 0 saturated heterocycles. The number of nitrogens with one attached hydrogen (secondary N) is 4. The maximum Gasteiger partial charge on any atom is 0.325 e. The summed E-state index contributed by atoms with van der Waals surface area (Å²) >= 11 is 0. The third-order valence-electron chi connectivity index (χ3n) is 3.47. The number of H-pyrrole nitrogens is 2. The first kappa shape index (κ1) is 15.5. The van der Waals surface area contributed by atoms with Crippen LogP contribution in [-0.2, 0) is 0 Å². The van der Waals surface area contributed by atoms with Crippen LogP contribution < -0.4 is 16.1 Å². The third kappa shape index (κ3) is 3.02. The van der Waals surface area contributed by atoms with Crippen molar-refractivity contribution in [2.24, 2.45) is 0 Å². The molecule has 0 aliphatic heterocycles. The molecule has 122 valence electrons. The third-order valence-corrected chi connectivity index (χ3v) is 3.47. The second-order valence-electron chi connectivity index (χ2n) is 5.31. The topological polar surface area (TPSA) is 110 Å². The molecule has 8 heteroatoms. The van der Waals surface area contributed by atoms with Crippen LogP contribution in [-0.4, -0.2) is 32.1 Å². The summed E-state index contributed by atoms with van der Waals surface area (Å²) in [6.07, 6.45) is 1.45. The number of aromatic nitrogens is 4. The Hall–Kier alpha value is -3.42. The molecule has 8 nitrogen and oxygen atoms in total. The summed E-state index contributed by atoms with van der Waals surface area (Å²) in [6, 6.07) is 10.9. The van der Waals surface area contributed by atoms with Crippen molar-refractivity contribution < 1.29 is 9.90 Å². The van der Waals surface area contributed by atoms with Gasteiger partial charge in [-0.15, -0.1) is 10.5 Å². The van der Waals surface area contributed by atoms with Crippen LogP contribution in [0.1, 0.15) is 27.4 Å². The zero-order valence-electron chi connectivity index (χ0n) is 13.3. The van der Waals surface area contributed by atoms with E-state index in [-0.39, 0.29) is 11.3 Å². The van der Waals surface area contributed by atoms with E-state index in [9.17, 15) is 9.59 Å². The van der Waals surface area contributed by atoms with Crippen LogP contribution in [0.4, 0.5) is 0 Å². The summed E-state index contributed by atoms with van der Waals surface area (Å²) in [4.78, 5) is 24.3. The van der Waals surface area contributed by atoms with Gasteiger partial charge in [-0.3, -0.25) is 19.8 Å². The van der Waals surface area contributed by atoms with Gasteiger partial charge in [0, 0.05) is 11.4 Å². The Bertz CT molecular complexity index is 949. The first-order chi connectivity index (χ1) is 11.6. The van der Waals surface area contributed by atoms with Crippen LogP contribution in [0.2, 0.25) is 0 Å². The number of hydrazine groups is 1. The molecule has 0 aliphatic carbocycles. The normalized spacial score (nSPS) is 11.1. The van der Waals surface area contributed by atoms with Crippen molar-refractivity contribution in [2.45, 2.75) is 13.8 Å². The van der Waals surface area contributed by atoms with E-state index in [1.807, 2.05) is 30.3 Å². The predicted octanol–water partition coefficient (Wildman–Crippen LogP) is -0.650. The molecule has 0 unspecified atom stereocenters. The van der Waals surface area contributed by atoms with Gasteiger partial charge in [-0.25, -0.2) is 4.68 Å². The lowest BCUT2D eigenvalue weighted by atomic mass is 10.3. The summed E-state index contributed by atoms with van der Waals surface area (Å²) in [5.74, 6) is -0.396. The summed E-state index contributed by atoms with van der Waals surface area (Å²) in [7, 11) is 0.